The molecule has 2 aliphatic rings. The van der Waals surface area contributed by atoms with E-state index in [0.717, 1.165) is 68.4 Å². The van der Waals surface area contributed by atoms with Gasteiger partial charge in [0.1, 0.15) is 0 Å². The Morgan fingerprint density at radius 2 is 1.79 bits per heavy atom. The number of aliphatic imine (C=N–C) groups is 1. The number of hydrogen-bond acceptors (Lipinski definition) is 5. The fourth-order valence-electron chi connectivity index (χ4n) is 3.95. The van der Waals surface area contributed by atoms with Crippen molar-refractivity contribution in [3.63, 3.8) is 0 Å². The largest absolute Gasteiger partial charge is 0.378 e. The fourth-order valence-corrected chi connectivity index (χ4v) is 3.95. The fraction of sp³-hybridized carbons (Fsp3) is 0.500. The lowest BCUT2D eigenvalue weighted by Crippen LogP contribution is -2.39. The van der Waals surface area contributed by atoms with E-state index in [1.165, 1.54) is 5.69 Å². The van der Waals surface area contributed by atoms with Gasteiger partial charge in [0, 0.05) is 31.4 Å². The number of morpholine rings is 1. The Labute approximate surface area is 175 Å². The third-order valence-electron chi connectivity index (χ3n) is 5.47. The van der Waals surface area contributed by atoms with Crippen LogP contribution in [-0.2, 0) is 4.74 Å². The highest BCUT2D eigenvalue weighted by Crippen LogP contribution is 2.26. The van der Waals surface area contributed by atoms with E-state index in [2.05, 4.69) is 67.8 Å². The van der Waals surface area contributed by atoms with E-state index >= 15 is 0 Å². The molecule has 0 amide bonds. The lowest BCUT2D eigenvalue weighted by atomic mass is 9.95. The van der Waals surface area contributed by atoms with Crippen molar-refractivity contribution in [2.75, 3.05) is 37.7 Å². The molecule has 0 aromatic heterocycles. The van der Waals surface area contributed by atoms with E-state index in [-0.39, 0.29) is 0 Å². The maximum absolute atomic E-state index is 8.44. The molecular weight excluding hydrogens is 360 g/mol. The van der Waals surface area contributed by atoms with Gasteiger partial charge in [0.15, 0.2) is 0 Å². The van der Waals surface area contributed by atoms with Crippen LogP contribution in [0.4, 0.5) is 11.4 Å². The first kappa shape index (κ1) is 21.3. The highest BCUT2D eigenvalue weighted by Gasteiger charge is 2.22. The zero-order chi connectivity index (χ0) is 20.8. The SMILES string of the molecule is CCCC1=C/C(=N\c2ccc(N(CC)C(C)C)cc2)C(N2CCOCC2)=CC1=N. The molecule has 1 N–H and O–H groups in total. The van der Waals surface area contributed by atoms with Crippen LogP contribution in [0.5, 0.6) is 0 Å². The molecule has 0 atom stereocenters. The first-order valence-electron chi connectivity index (χ1n) is 10.8. The summed E-state index contributed by atoms with van der Waals surface area (Å²) >= 11 is 0. The molecule has 3 rings (SSSR count). The van der Waals surface area contributed by atoms with Crippen LogP contribution >= 0.6 is 0 Å². The number of hydrogen-bond donors (Lipinski definition) is 1. The van der Waals surface area contributed by atoms with Gasteiger partial charge in [0.05, 0.1) is 36.0 Å². The summed E-state index contributed by atoms with van der Waals surface area (Å²) in [5.41, 5.74) is 5.84. The number of benzene rings is 1. The maximum Gasteiger partial charge on any atom is 0.0874 e. The van der Waals surface area contributed by atoms with E-state index in [4.69, 9.17) is 15.1 Å². The molecule has 0 spiro atoms. The molecule has 156 valence electrons. The molecule has 0 unspecified atom stereocenters. The minimum absolute atomic E-state index is 0.469. The number of allylic oxidation sites excluding steroid dienone is 3. The average Bonchev–Trinajstić information content (AvgIpc) is 2.72. The predicted octanol–water partition coefficient (Wildman–Crippen LogP) is 4.97. The minimum Gasteiger partial charge on any atom is -0.378 e. The number of rotatable bonds is 7. The van der Waals surface area contributed by atoms with Gasteiger partial charge in [-0.15, -0.1) is 0 Å². The molecule has 1 aliphatic carbocycles. The van der Waals surface area contributed by atoms with E-state index < -0.39 is 0 Å². The standard InChI is InChI=1S/C24H34N4O/c1-5-7-19-16-23(24(17-22(19)25)27-12-14-29-15-13-27)26-20-8-10-21(11-9-20)28(6-2)18(3)4/h8-11,16-18,25H,5-7,12-15H2,1-4H3/b25-22?,26-23+. The summed E-state index contributed by atoms with van der Waals surface area (Å²) in [6.45, 7) is 12.9. The van der Waals surface area contributed by atoms with Crippen LogP contribution in [0.15, 0.2) is 52.7 Å². The van der Waals surface area contributed by atoms with Crippen molar-refractivity contribution in [1.82, 2.24) is 4.90 Å². The summed E-state index contributed by atoms with van der Waals surface area (Å²) in [5, 5.41) is 8.44. The van der Waals surface area contributed by atoms with Crippen LogP contribution in [0.2, 0.25) is 0 Å². The lowest BCUT2D eigenvalue weighted by molar-refractivity contribution is 0.0565. The molecule has 1 saturated heterocycles. The summed E-state index contributed by atoms with van der Waals surface area (Å²) in [6.07, 6.45) is 6.03. The number of ether oxygens (including phenoxy) is 1. The Bertz CT molecular complexity index is 799. The molecule has 0 bridgehead atoms. The smallest absolute Gasteiger partial charge is 0.0874 e. The molecule has 0 saturated carbocycles. The van der Waals surface area contributed by atoms with Crippen molar-refractivity contribution in [2.24, 2.45) is 4.99 Å². The van der Waals surface area contributed by atoms with Crippen molar-refractivity contribution < 1.29 is 4.74 Å². The molecule has 1 heterocycles. The minimum atomic E-state index is 0.469. The second-order valence-electron chi connectivity index (χ2n) is 7.86. The van der Waals surface area contributed by atoms with Crippen LogP contribution in [0, 0.1) is 5.41 Å². The molecule has 1 aromatic carbocycles. The highest BCUT2D eigenvalue weighted by atomic mass is 16.5. The van der Waals surface area contributed by atoms with Gasteiger partial charge in [-0.25, -0.2) is 4.99 Å². The van der Waals surface area contributed by atoms with Gasteiger partial charge in [0.2, 0.25) is 0 Å². The molecule has 29 heavy (non-hydrogen) atoms. The van der Waals surface area contributed by atoms with Gasteiger partial charge in [-0.2, -0.15) is 0 Å². The lowest BCUT2D eigenvalue weighted by Gasteiger charge is -2.33. The van der Waals surface area contributed by atoms with Crippen molar-refractivity contribution in [1.29, 1.82) is 5.41 Å². The molecule has 1 aliphatic heterocycles. The molecule has 5 nitrogen and oxygen atoms in total. The van der Waals surface area contributed by atoms with E-state index in [9.17, 15) is 0 Å². The van der Waals surface area contributed by atoms with E-state index in [1.807, 2.05) is 6.08 Å². The van der Waals surface area contributed by atoms with E-state index in [1.54, 1.807) is 0 Å². The number of anilines is 1. The Hall–Kier alpha value is -2.40. The molecule has 5 heteroatoms. The predicted molar refractivity (Wildman–Crippen MR) is 123 cm³/mol. The zero-order valence-corrected chi connectivity index (χ0v) is 18.2. The van der Waals surface area contributed by atoms with Crippen LogP contribution < -0.4 is 4.90 Å². The summed E-state index contributed by atoms with van der Waals surface area (Å²) < 4.78 is 5.51. The number of nitrogens with one attached hydrogen (secondary N) is 1. The topological polar surface area (TPSA) is 51.9 Å². The van der Waals surface area contributed by atoms with E-state index in [0.29, 0.717) is 11.8 Å². The van der Waals surface area contributed by atoms with Gasteiger partial charge in [-0.05, 0) is 69.2 Å². The van der Waals surface area contributed by atoms with Crippen molar-refractivity contribution >= 4 is 22.8 Å². The Kier molecular flexibility index (Phi) is 7.26. The second-order valence-corrected chi connectivity index (χ2v) is 7.86. The first-order chi connectivity index (χ1) is 14.0. The monoisotopic (exact) mass is 394 g/mol. The summed E-state index contributed by atoms with van der Waals surface area (Å²) in [7, 11) is 0. The zero-order valence-electron chi connectivity index (χ0n) is 18.2. The molecular formula is C24H34N4O. The molecule has 1 aromatic rings. The van der Waals surface area contributed by atoms with Gasteiger partial charge in [0.25, 0.3) is 0 Å². The normalized spacial score (nSPS) is 18.9. The van der Waals surface area contributed by atoms with Gasteiger partial charge >= 0.3 is 0 Å². The van der Waals surface area contributed by atoms with Crippen LogP contribution in [0.25, 0.3) is 0 Å². The van der Waals surface area contributed by atoms with Gasteiger partial charge in [-0.3, -0.25) is 0 Å². The summed E-state index contributed by atoms with van der Waals surface area (Å²) in [5.74, 6) is 0. The Morgan fingerprint density at radius 1 is 1.10 bits per heavy atom. The molecule has 1 fully saturated rings. The first-order valence-corrected chi connectivity index (χ1v) is 10.8. The highest BCUT2D eigenvalue weighted by molar-refractivity contribution is 6.23. The van der Waals surface area contributed by atoms with Crippen LogP contribution in [-0.4, -0.2) is 55.2 Å². The third kappa shape index (κ3) is 5.15. The average molecular weight is 395 g/mol. The van der Waals surface area contributed by atoms with Crippen LogP contribution in [0.3, 0.4) is 0 Å². The summed E-state index contributed by atoms with van der Waals surface area (Å²) in [4.78, 5) is 9.65. The number of nitrogens with zero attached hydrogens (tertiary/aromatic N) is 3. The Morgan fingerprint density at radius 3 is 2.38 bits per heavy atom. The van der Waals surface area contributed by atoms with Crippen molar-refractivity contribution in [3.05, 3.63) is 47.7 Å². The van der Waals surface area contributed by atoms with Gasteiger partial charge in [-0.1, -0.05) is 13.3 Å². The maximum atomic E-state index is 8.44. The third-order valence-corrected chi connectivity index (χ3v) is 5.47. The van der Waals surface area contributed by atoms with Crippen molar-refractivity contribution in [2.45, 2.75) is 46.6 Å². The second kappa shape index (κ2) is 9.88. The van der Waals surface area contributed by atoms with Crippen molar-refractivity contribution in [3.8, 4) is 0 Å². The summed E-state index contributed by atoms with van der Waals surface area (Å²) in [6, 6.07) is 8.97. The van der Waals surface area contributed by atoms with Crippen LogP contribution in [0.1, 0.15) is 40.5 Å². The molecule has 0 radical (unpaired) electrons. The quantitative estimate of drug-likeness (QED) is 0.664. The van der Waals surface area contributed by atoms with Gasteiger partial charge < -0.3 is 19.9 Å². The Balaban J connectivity index is 1.91.